The molecule has 0 heterocycles. The van der Waals surface area contributed by atoms with Gasteiger partial charge < -0.3 is 5.32 Å². The van der Waals surface area contributed by atoms with Crippen LogP contribution in [0.1, 0.15) is 19.8 Å². The maximum absolute atomic E-state index is 12.1. The number of hydrogen-bond acceptors (Lipinski definition) is 1. The molecule has 0 bridgehead atoms. The van der Waals surface area contributed by atoms with Crippen molar-refractivity contribution in [2.75, 3.05) is 6.54 Å². The second-order valence-corrected chi connectivity index (χ2v) is 2.52. The van der Waals surface area contributed by atoms with Crippen LogP contribution in [-0.2, 0) is 0 Å². The molecule has 10 heavy (non-hydrogen) atoms. The zero-order valence-electron chi connectivity index (χ0n) is 5.86. The highest BCUT2D eigenvalue weighted by Crippen LogP contribution is 2.37. The molecule has 62 valence electrons. The molecule has 1 nitrogen and oxygen atoms in total. The van der Waals surface area contributed by atoms with E-state index in [2.05, 4.69) is 5.32 Å². The van der Waals surface area contributed by atoms with E-state index in [4.69, 9.17) is 0 Å². The predicted octanol–water partition coefficient (Wildman–Crippen LogP) is 1.82. The van der Waals surface area contributed by atoms with E-state index in [9.17, 15) is 8.78 Å². The largest absolute Gasteiger partial charge is 0.314 e. The van der Waals surface area contributed by atoms with E-state index in [1.807, 2.05) is 6.92 Å². The van der Waals surface area contributed by atoms with Gasteiger partial charge in [0.15, 0.2) is 0 Å². The quantitative estimate of drug-likeness (QED) is 0.669. The molecule has 1 aliphatic carbocycles. The summed E-state index contributed by atoms with van der Waals surface area (Å²) in [6.45, 7) is 2.72. The van der Waals surface area contributed by atoms with Crippen LogP contribution in [0.4, 0.5) is 8.78 Å². The van der Waals surface area contributed by atoms with Crippen LogP contribution in [0.2, 0.25) is 0 Å². The Morgan fingerprint density at radius 3 is 2.30 bits per heavy atom. The van der Waals surface area contributed by atoms with Crippen LogP contribution in [0.3, 0.4) is 0 Å². The fraction of sp³-hybridized carbons (Fsp3) is 1.00. The van der Waals surface area contributed by atoms with E-state index >= 15 is 0 Å². The normalized spacial score (nSPS) is 23.1. The smallest absolute Gasteiger partial charge is 0.251 e. The van der Waals surface area contributed by atoms with Gasteiger partial charge in [0.25, 0.3) is 5.92 Å². The lowest BCUT2D eigenvalue weighted by molar-refractivity contribution is -0.0922. The topological polar surface area (TPSA) is 12.0 Å². The Labute approximate surface area is 65.6 Å². The van der Waals surface area contributed by atoms with E-state index in [1.165, 1.54) is 0 Å². The van der Waals surface area contributed by atoms with Crippen LogP contribution < -0.4 is 5.32 Å². The molecular formula is C6H12ClF2N. The third kappa shape index (κ3) is 2.39. The predicted molar refractivity (Wildman–Crippen MR) is 38.9 cm³/mol. The Balaban J connectivity index is 0.000000810. The molecular weight excluding hydrogens is 160 g/mol. The van der Waals surface area contributed by atoms with Crippen LogP contribution in [0.5, 0.6) is 0 Å². The number of hydrogen-bond donors (Lipinski definition) is 1. The number of halogens is 3. The molecule has 0 aromatic heterocycles. The first-order valence-electron chi connectivity index (χ1n) is 3.25. The summed E-state index contributed by atoms with van der Waals surface area (Å²) in [5.74, 6) is -2.37. The van der Waals surface area contributed by atoms with Gasteiger partial charge in [0.1, 0.15) is 0 Å². The highest BCUT2D eigenvalue weighted by Gasteiger charge is 2.44. The number of nitrogens with one attached hydrogen (secondary N) is 1. The Bertz CT molecular complexity index is 99.9. The summed E-state index contributed by atoms with van der Waals surface area (Å²) >= 11 is 0. The van der Waals surface area contributed by atoms with Crippen molar-refractivity contribution in [3.63, 3.8) is 0 Å². The SMILES string of the molecule is CCNC1CC(F)(F)C1.Cl. The summed E-state index contributed by atoms with van der Waals surface area (Å²) in [6.07, 6.45) is 0.0572. The van der Waals surface area contributed by atoms with Crippen LogP contribution >= 0.6 is 12.4 Å². The van der Waals surface area contributed by atoms with Gasteiger partial charge in [0.05, 0.1) is 0 Å². The van der Waals surface area contributed by atoms with Crippen molar-refractivity contribution in [3.05, 3.63) is 0 Å². The monoisotopic (exact) mass is 171 g/mol. The van der Waals surface area contributed by atoms with Crippen molar-refractivity contribution >= 4 is 12.4 Å². The molecule has 0 aromatic rings. The molecule has 1 fully saturated rings. The Hall–Kier alpha value is 0.110. The third-order valence-corrected chi connectivity index (χ3v) is 1.58. The standard InChI is InChI=1S/C6H11F2N.ClH/c1-2-9-5-3-6(7,8)4-5;/h5,9H,2-4H2,1H3;1H. The summed E-state index contributed by atoms with van der Waals surface area (Å²) in [4.78, 5) is 0. The number of alkyl halides is 2. The fourth-order valence-corrected chi connectivity index (χ4v) is 1.09. The highest BCUT2D eigenvalue weighted by atomic mass is 35.5. The van der Waals surface area contributed by atoms with Gasteiger partial charge in [-0.3, -0.25) is 0 Å². The average Bonchev–Trinajstić information content (AvgIpc) is 1.62. The van der Waals surface area contributed by atoms with Crippen LogP contribution in [0.15, 0.2) is 0 Å². The van der Waals surface area contributed by atoms with Crippen LogP contribution in [0.25, 0.3) is 0 Å². The first-order chi connectivity index (χ1) is 4.14. The minimum Gasteiger partial charge on any atom is -0.314 e. The second kappa shape index (κ2) is 3.49. The summed E-state index contributed by atoms with van der Waals surface area (Å²) in [5.41, 5.74) is 0. The minimum absolute atomic E-state index is 0. The highest BCUT2D eigenvalue weighted by molar-refractivity contribution is 5.85. The first-order valence-corrected chi connectivity index (χ1v) is 3.25. The third-order valence-electron chi connectivity index (χ3n) is 1.58. The first kappa shape index (κ1) is 10.1. The maximum Gasteiger partial charge on any atom is 0.251 e. The molecule has 0 unspecified atom stereocenters. The molecule has 1 rings (SSSR count). The van der Waals surface area contributed by atoms with Crippen molar-refractivity contribution in [1.82, 2.24) is 5.32 Å². The van der Waals surface area contributed by atoms with E-state index in [0.29, 0.717) is 0 Å². The van der Waals surface area contributed by atoms with Gasteiger partial charge in [-0.25, -0.2) is 8.78 Å². The summed E-state index contributed by atoms with van der Waals surface area (Å²) in [6, 6.07) is 0.0741. The second-order valence-electron chi connectivity index (χ2n) is 2.52. The fourth-order valence-electron chi connectivity index (χ4n) is 1.09. The van der Waals surface area contributed by atoms with Gasteiger partial charge in [-0.15, -0.1) is 12.4 Å². The lowest BCUT2D eigenvalue weighted by atomic mass is 9.88. The van der Waals surface area contributed by atoms with Gasteiger partial charge in [-0.2, -0.15) is 0 Å². The molecule has 0 spiro atoms. The lowest BCUT2D eigenvalue weighted by Gasteiger charge is -2.35. The van der Waals surface area contributed by atoms with E-state index in [1.54, 1.807) is 0 Å². The Morgan fingerprint density at radius 2 is 2.00 bits per heavy atom. The van der Waals surface area contributed by atoms with Gasteiger partial charge >= 0.3 is 0 Å². The van der Waals surface area contributed by atoms with Crippen molar-refractivity contribution in [2.24, 2.45) is 0 Å². The Kier molecular flexibility index (Phi) is 3.52. The lowest BCUT2D eigenvalue weighted by Crippen LogP contribution is -2.48. The zero-order chi connectivity index (χ0) is 6.91. The maximum atomic E-state index is 12.1. The molecule has 0 amide bonds. The van der Waals surface area contributed by atoms with Crippen molar-refractivity contribution in [2.45, 2.75) is 31.7 Å². The molecule has 1 saturated carbocycles. The molecule has 1 N–H and O–H groups in total. The summed E-state index contributed by atoms with van der Waals surface area (Å²) in [5, 5.41) is 2.96. The van der Waals surface area contributed by atoms with Crippen molar-refractivity contribution < 1.29 is 8.78 Å². The zero-order valence-corrected chi connectivity index (χ0v) is 6.68. The van der Waals surface area contributed by atoms with E-state index in [0.717, 1.165) is 6.54 Å². The van der Waals surface area contributed by atoms with Crippen LogP contribution in [0, 0.1) is 0 Å². The minimum atomic E-state index is -2.37. The average molecular weight is 172 g/mol. The van der Waals surface area contributed by atoms with E-state index in [-0.39, 0.29) is 31.3 Å². The Morgan fingerprint density at radius 1 is 1.50 bits per heavy atom. The number of rotatable bonds is 2. The molecule has 0 aliphatic heterocycles. The van der Waals surface area contributed by atoms with Crippen molar-refractivity contribution in [3.8, 4) is 0 Å². The van der Waals surface area contributed by atoms with Gasteiger partial charge in [0, 0.05) is 18.9 Å². The molecule has 0 saturated heterocycles. The van der Waals surface area contributed by atoms with Gasteiger partial charge in [-0.05, 0) is 6.54 Å². The molecule has 1 aliphatic rings. The van der Waals surface area contributed by atoms with Crippen LogP contribution in [-0.4, -0.2) is 18.5 Å². The van der Waals surface area contributed by atoms with Crippen molar-refractivity contribution in [1.29, 1.82) is 0 Å². The van der Waals surface area contributed by atoms with Gasteiger partial charge in [0.2, 0.25) is 0 Å². The van der Waals surface area contributed by atoms with Gasteiger partial charge in [-0.1, -0.05) is 6.92 Å². The van der Waals surface area contributed by atoms with E-state index < -0.39 is 5.92 Å². The molecule has 0 atom stereocenters. The molecule has 0 aromatic carbocycles. The molecule has 4 heteroatoms. The summed E-state index contributed by atoms with van der Waals surface area (Å²) in [7, 11) is 0. The molecule has 0 radical (unpaired) electrons. The summed E-state index contributed by atoms with van der Waals surface area (Å²) < 4.78 is 24.1.